The van der Waals surface area contributed by atoms with Crippen LogP contribution in [0.15, 0.2) is 24.3 Å². The molecular weight excluding hydrogens is 243 g/mol. The molecule has 2 N–H and O–H groups in total. The van der Waals surface area contributed by atoms with Crippen LogP contribution in [0, 0.1) is 19.7 Å². The molecule has 100 valence electrons. The van der Waals surface area contributed by atoms with Crippen LogP contribution in [0.4, 0.5) is 21.7 Å². The van der Waals surface area contributed by atoms with Gasteiger partial charge in [-0.25, -0.2) is 14.4 Å². The van der Waals surface area contributed by atoms with Crippen LogP contribution in [0.2, 0.25) is 0 Å². The van der Waals surface area contributed by atoms with Crippen molar-refractivity contribution in [2.75, 3.05) is 17.2 Å². The van der Waals surface area contributed by atoms with Gasteiger partial charge in [-0.15, -0.1) is 0 Å². The maximum atomic E-state index is 13.5. The molecule has 0 aliphatic rings. The Hall–Kier alpha value is -2.17. The number of halogens is 1. The minimum atomic E-state index is -0.234. The van der Waals surface area contributed by atoms with E-state index in [1.54, 1.807) is 19.1 Å². The molecule has 0 radical (unpaired) electrons. The molecule has 2 aromatic rings. The smallest absolute Gasteiger partial charge is 0.136 e. The van der Waals surface area contributed by atoms with Crippen LogP contribution in [0.25, 0.3) is 0 Å². The third-order valence-corrected chi connectivity index (χ3v) is 2.64. The lowest BCUT2D eigenvalue weighted by molar-refractivity contribution is 0.619. The van der Waals surface area contributed by atoms with Gasteiger partial charge in [0, 0.05) is 18.3 Å². The SMILES string of the molecule is CCNc1cc(Nc2ccc(C)c(F)c2)nc(C)n1. The molecule has 0 saturated heterocycles. The van der Waals surface area contributed by atoms with Crippen LogP contribution >= 0.6 is 0 Å². The Morgan fingerprint density at radius 3 is 2.53 bits per heavy atom. The average Bonchev–Trinajstić information content (AvgIpc) is 2.33. The molecule has 0 bridgehead atoms. The molecule has 1 aromatic heterocycles. The van der Waals surface area contributed by atoms with Crippen LogP contribution in [0.1, 0.15) is 18.3 Å². The van der Waals surface area contributed by atoms with Crippen LogP contribution in [0.5, 0.6) is 0 Å². The first-order chi connectivity index (χ1) is 9.08. The van der Waals surface area contributed by atoms with Gasteiger partial charge in [0.15, 0.2) is 0 Å². The van der Waals surface area contributed by atoms with Crippen LogP contribution in [-0.4, -0.2) is 16.5 Å². The van der Waals surface area contributed by atoms with Gasteiger partial charge >= 0.3 is 0 Å². The molecule has 0 spiro atoms. The molecular formula is C14H17FN4. The zero-order valence-corrected chi connectivity index (χ0v) is 11.3. The van der Waals surface area contributed by atoms with Crippen molar-refractivity contribution in [1.82, 2.24) is 9.97 Å². The predicted octanol–water partition coefficient (Wildman–Crippen LogP) is 3.41. The molecule has 0 amide bonds. The minimum absolute atomic E-state index is 0.234. The summed E-state index contributed by atoms with van der Waals surface area (Å²) in [6.07, 6.45) is 0. The number of hydrogen-bond acceptors (Lipinski definition) is 4. The number of hydrogen-bond donors (Lipinski definition) is 2. The van der Waals surface area contributed by atoms with Crippen LogP contribution in [0.3, 0.4) is 0 Å². The Labute approximate surface area is 112 Å². The molecule has 0 aliphatic carbocycles. The maximum Gasteiger partial charge on any atom is 0.136 e. The second-order valence-corrected chi connectivity index (χ2v) is 4.30. The first-order valence-corrected chi connectivity index (χ1v) is 6.21. The molecule has 4 nitrogen and oxygen atoms in total. The number of aromatic nitrogens is 2. The summed E-state index contributed by atoms with van der Waals surface area (Å²) in [7, 11) is 0. The van der Waals surface area contributed by atoms with Gasteiger partial charge in [-0.3, -0.25) is 0 Å². The zero-order valence-electron chi connectivity index (χ0n) is 11.3. The van der Waals surface area contributed by atoms with Crippen molar-refractivity contribution in [3.8, 4) is 0 Å². The van der Waals surface area contributed by atoms with Crippen molar-refractivity contribution in [1.29, 1.82) is 0 Å². The molecule has 0 atom stereocenters. The number of nitrogens with zero attached hydrogens (tertiary/aromatic N) is 2. The minimum Gasteiger partial charge on any atom is -0.370 e. The van der Waals surface area contributed by atoms with Crippen molar-refractivity contribution >= 4 is 17.3 Å². The number of benzene rings is 1. The first kappa shape index (κ1) is 13.3. The van der Waals surface area contributed by atoms with E-state index in [-0.39, 0.29) is 5.82 Å². The fraction of sp³-hybridized carbons (Fsp3) is 0.286. The number of rotatable bonds is 4. The molecule has 0 fully saturated rings. The Morgan fingerprint density at radius 2 is 1.84 bits per heavy atom. The Bertz CT molecular complexity index is 584. The van der Waals surface area contributed by atoms with E-state index in [1.165, 1.54) is 6.07 Å². The van der Waals surface area contributed by atoms with Gasteiger partial charge < -0.3 is 10.6 Å². The lowest BCUT2D eigenvalue weighted by Crippen LogP contribution is -2.04. The highest BCUT2D eigenvalue weighted by Crippen LogP contribution is 2.19. The highest BCUT2D eigenvalue weighted by Gasteiger charge is 2.03. The monoisotopic (exact) mass is 260 g/mol. The fourth-order valence-electron chi connectivity index (χ4n) is 1.72. The lowest BCUT2D eigenvalue weighted by Gasteiger charge is -2.09. The first-order valence-electron chi connectivity index (χ1n) is 6.21. The van der Waals surface area contributed by atoms with Gasteiger partial charge in [-0.05, 0) is 38.5 Å². The van der Waals surface area contributed by atoms with E-state index in [2.05, 4.69) is 20.6 Å². The molecule has 0 unspecified atom stereocenters. The van der Waals surface area contributed by atoms with Crippen molar-refractivity contribution in [2.45, 2.75) is 20.8 Å². The lowest BCUT2D eigenvalue weighted by atomic mass is 10.2. The summed E-state index contributed by atoms with van der Waals surface area (Å²) in [5.41, 5.74) is 1.29. The van der Waals surface area contributed by atoms with Crippen molar-refractivity contribution in [2.24, 2.45) is 0 Å². The topological polar surface area (TPSA) is 49.8 Å². The van der Waals surface area contributed by atoms with Gasteiger partial charge in [0.05, 0.1) is 0 Å². The number of aryl methyl sites for hydroxylation is 2. The zero-order chi connectivity index (χ0) is 13.8. The largest absolute Gasteiger partial charge is 0.370 e. The van der Waals surface area contributed by atoms with Gasteiger partial charge in [-0.2, -0.15) is 0 Å². The summed E-state index contributed by atoms with van der Waals surface area (Å²) in [6.45, 7) is 6.34. The molecule has 1 heterocycles. The summed E-state index contributed by atoms with van der Waals surface area (Å²) in [5.74, 6) is 1.83. The molecule has 19 heavy (non-hydrogen) atoms. The highest BCUT2D eigenvalue weighted by molar-refractivity contribution is 5.59. The van der Waals surface area contributed by atoms with E-state index >= 15 is 0 Å². The summed E-state index contributed by atoms with van der Waals surface area (Å²) in [5, 5.41) is 6.21. The van der Waals surface area contributed by atoms with E-state index in [4.69, 9.17) is 0 Å². The van der Waals surface area contributed by atoms with E-state index in [1.807, 2.05) is 19.9 Å². The maximum absolute atomic E-state index is 13.5. The number of anilines is 3. The van der Waals surface area contributed by atoms with Gasteiger partial charge in [0.2, 0.25) is 0 Å². The standard InChI is InChI=1S/C14H17FN4/c1-4-16-13-8-14(18-10(3)17-13)19-11-6-5-9(2)12(15)7-11/h5-8H,4H2,1-3H3,(H2,16,17,18,19). The van der Waals surface area contributed by atoms with E-state index in [9.17, 15) is 4.39 Å². The Morgan fingerprint density at radius 1 is 1.11 bits per heavy atom. The molecule has 2 rings (SSSR count). The molecule has 0 saturated carbocycles. The van der Waals surface area contributed by atoms with E-state index in [0.717, 1.165) is 12.4 Å². The molecule has 1 aromatic carbocycles. The summed E-state index contributed by atoms with van der Waals surface area (Å²) >= 11 is 0. The van der Waals surface area contributed by atoms with E-state index < -0.39 is 0 Å². The van der Waals surface area contributed by atoms with Gasteiger partial charge in [0.1, 0.15) is 23.3 Å². The third kappa shape index (κ3) is 3.40. The fourth-order valence-corrected chi connectivity index (χ4v) is 1.72. The Balaban J connectivity index is 2.24. The highest BCUT2D eigenvalue weighted by atomic mass is 19.1. The van der Waals surface area contributed by atoms with E-state index in [0.29, 0.717) is 22.9 Å². The predicted molar refractivity (Wildman–Crippen MR) is 75.4 cm³/mol. The molecule has 5 heteroatoms. The summed E-state index contributed by atoms with van der Waals surface area (Å²) in [6, 6.07) is 6.81. The molecule has 0 aliphatic heterocycles. The second-order valence-electron chi connectivity index (χ2n) is 4.30. The van der Waals surface area contributed by atoms with Crippen molar-refractivity contribution in [3.63, 3.8) is 0 Å². The van der Waals surface area contributed by atoms with Crippen LogP contribution in [-0.2, 0) is 0 Å². The van der Waals surface area contributed by atoms with Crippen molar-refractivity contribution < 1.29 is 4.39 Å². The summed E-state index contributed by atoms with van der Waals surface area (Å²) in [4.78, 5) is 8.54. The summed E-state index contributed by atoms with van der Waals surface area (Å²) < 4.78 is 13.5. The Kier molecular flexibility index (Phi) is 3.94. The average molecular weight is 260 g/mol. The second kappa shape index (κ2) is 5.65. The van der Waals surface area contributed by atoms with Crippen molar-refractivity contribution in [3.05, 3.63) is 41.5 Å². The van der Waals surface area contributed by atoms with Gasteiger partial charge in [-0.1, -0.05) is 6.07 Å². The van der Waals surface area contributed by atoms with Gasteiger partial charge in [0.25, 0.3) is 0 Å². The third-order valence-electron chi connectivity index (χ3n) is 2.64. The van der Waals surface area contributed by atoms with Crippen LogP contribution < -0.4 is 10.6 Å². The number of nitrogens with one attached hydrogen (secondary N) is 2. The normalized spacial score (nSPS) is 10.3. The quantitative estimate of drug-likeness (QED) is 0.884.